The molecule has 2 aromatic rings. The molecule has 0 aliphatic carbocycles. The Morgan fingerprint density at radius 1 is 0.667 bits per heavy atom. The Kier molecular flexibility index (Phi) is 4.46. The van der Waals surface area contributed by atoms with E-state index in [0.29, 0.717) is 5.41 Å². The third-order valence-electron chi connectivity index (χ3n) is 5.76. The number of benzene rings is 2. The van der Waals surface area contributed by atoms with Gasteiger partial charge in [0.2, 0.25) is 0 Å². The fourth-order valence-corrected chi connectivity index (χ4v) is 2.90. The third-order valence-corrected chi connectivity index (χ3v) is 5.76. The van der Waals surface area contributed by atoms with E-state index < -0.39 is 0 Å². The van der Waals surface area contributed by atoms with Crippen molar-refractivity contribution in [1.82, 2.24) is 0 Å². The molecule has 0 aliphatic heterocycles. The molecule has 0 heteroatoms. The lowest BCUT2D eigenvalue weighted by molar-refractivity contribution is 0.439. The van der Waals surface area contributed by atoms with Gasteiger partial charge >= 0.3 is 0 Å². The monoisotopic (exact) mass is 282 g/mol. The molecule has 0 amide bonds. The first kappa shape index (κ1) is 16.1. The maximum atomic E-state index is 2.39. The van der Waals surface area contributed by atoms with Crippen molar-refractivity contribution in [2.75, 3.05) is 0 Å². The second-order valence-corrected chi connectivity index (χ2v) is 7.28. The van der Waals surface area contributed by atoms with E-state index in [2.05, 4.69) is 77.9 Å². The van der Waals surface area contributed by atoms with Gasteiger partial charge < -0.3 is 0 Å². The summed E-state index contributed by atoms with van der Waals surface area (Å²) >= 11 is 0. The van der Waals surface area contributed by atoms with Crippen LogP contribution in [-0.2, 0) is 10.8 Å². The molecule has 0 saturated heterocycles. The van der Waals surface area contributed by atoms with Crippen LogP contribution in [0.3, 0.4) is 0 Å². The molecule has 0 unspecified atom stereocenters. The molecule has 2 aromatic carbocycles. The van der Waals surface area contributed by atoms with Gasteiger partial charge in [-0.2, -0.15) is 0 Å². The Morgan fingerprint density at radius 2 is 1.14 bits per heavy atom. The number of hydrogen-bond donors (Lipinski definition) is 0. The summed E-state index contributed by atoms with van der Waals surface area (Å²) in [7, 11) is 0. The van der Waals surface area contributed by atoms with Gasteiger partial charge in [-0.15, -0.1) is 0 Å². The maximum absolute atomic E-state index is 2.39. The van der Waals surface area contributed by atoms with Crippen LogP contribution in [0.25, 0.3) is 10.8 Å². The summed E-state index contributed by atoms with van der Waals surface area (Å²) in [5, 5.41) is 2.74. The second-order valence-electron chi connectivity index (χ2n) is 7.28. The largest absolute Gasteiger partial charge is 0.0646 e. The molecular weight excluding hydrogens is 252 g/mol. The van der Waals surface area contributed by atoms with Crippen LogP contribution in [0.4, 0.5) is 0 Å². The lowest BCUT2D eigenvalue weighted by Gasteiger charge is -2.28. The molecule has 0 heterocycles. The summed E-state index contributed by atoms with van der Waals surface area (Å²) in [5.74, 6) is 0. The van der Waals surface area contributed by atoms with Crippen molar-refractivity contribution < 1.29 is 0 Å². The molecule has 0 bridgehead atoms. The molecule has 114 valence electrons. The van der Waals surface area contributed by atoms with Crippen LogP contribution >= 0.6 is 0 Å². The molecule has 0 aliphatic rings. The highest BCUT2D eigenvalue weighted by atomic mass is 14.3. The fraction of sp³-hybridized carbons (Fsp3) is 0.524. The molecule has 2 rings (SSSR count). The first-order valence-corrected chi connectivity index (χ1v) is 8.41. The van der Waals surface area contributed by atoms with Crippen molar-refractivity contribution in [3.8, 4) is 0 Å². The summed E-state index contributed by atoms with van der Waals surface area (Å²) in [4.78, 5) is 0. The smallest absolute Gasteiger partial charge is 0.00803 e. The minimum Gasteiger partial charge on any atom is -0.0646 e. The molecule has 0 saturated carbocycles. The van der Waals surface area contributed by atoms with E-state index in [1.807, 2.05) is 0 Å². The second kappa shape index (κ2) is 5.83. The average Bonchev–Trinajstić information content (AvgIpc) is 2.53. The first-order valence-electron chi connectivity index (χ1n) is 8.41. The van der Waals surface area contributed by atoms with Crippen molar-refractivity contribution >= 4 is 10.8 Å². The highest BCUT2D eigenvalue weighted by molar-refractivity contribution is 5.84. The molecular formula is C21H30. The Balaban J connectivity index is 2.50. The van der Waals surface area contributed by atoms with E-state index in [1.54, 1.807) is 0 Å². The quantitative estimate of drug-likeness (QED) is 0.579. The summed E-state index contributed by atoms with van der Waals surface area (Å²) in [6.07, 6.45) is 3.55. The zero-order chi connectivity index (χ0) is 15.7. The van der Waals surface area contributed by atoms with Crippen molar-refractivity contribution in [2.45, 2.75) is 71.6 Å². The lowest BCUT2D eigenvalue weighted by atomic mass is 9.77. The Bertz CT molecular complexity index is 615. The van der Waals surface area contributed by atoms with Gasteiger partial charge in [-0.25, -0.2) is 0 Å². The topological polar surface area (TPSA) is 0 Å². The van der Waals surface area contributed by atoms with Crippen LogP contribution in [0.15, 0.2) is 36.4 Å². The number of hydrogen-bond acceptors (Lipinski definition) is 0. The molecule has 0 nitrogen and oxygen atoms in total. The van der Waals surface area contributed by atoms with Crippen LogP contribution in [0.1, 0.15) is 71.9 Å². The van der Waals surface area contributed by atoms with Crippen LogP contribution < -0.4 is 0 Å². The molecule has 0 fully saturated rings. The standard InChI is InChI=1S/C21H30/c1-7-20(4,5)18-12-10-17-15-19(13-11-16(17)14-18)21(6,8-2)9-3/h10-15H,7-9H2,1-6H3. The van der Waals surface area contributed by atoms with Crippen LogP contribution in [0.2, 0.25) is 0 Å². The Hall–Kier alpha value is -1.30. The minimum absolute atomic E-state index is 0.258. The van der Waals surface area contributed by atoms with Gasteiger partial charge in [0.1, 0.15) is 0 Å². The molecule has 0 atom stereocenters. The van der Waals surface area contributed by atoms with E-state index in [0.717, 1.165) is 0 Å². The Morgan fingerprint density at radius 3 is 1.62 bits per heavy atom. The number of fused-ring (bicyclic) bond motifs is 1. The van der Waals surface area contributed by atoms with E-state index in [-0.39, 0.29) is 5.41 Å². The van der Waals surface area contributed by atoms with Gasteiger partial charge in [-0.05, 0) is 52.0 Å². The molecule has 0 N–H and O–H groups in total. The maximum Gasteiger partial charge on any atom is -0.00803 e. The lowest BCUT2D eigenvalue weighted by Crippen LogP contribution is -2.19. The van der Waals surface area contributed by atoms with Gasteiger partial charge in [-0.1, -0.05) is 77.9 Å². The highest BCUT2D eigenvalue weighted by Gasteiger charge is 2.23. The van der Waals surface area contributed by atoms with E-state index in [4.69, 9.17) is 0 Å². The van der Waals surface area contributed by atoms with Crippen LogP contribution in [0, 0.1) is 0 Å². The predicted octanol–water partition coefficient (Wildman–Crippen LogP) is 6.61. The predicted molar refractivity (Wildman–Crippen MR) is 95.2 cm³/mol. The zero-order valence-corrected chi connectivity index (χ0v) is 14.6. The Labute approximate surface area is 130 Å². The van der Waals surface area contributed by atoms with Gasteiger partial charge in [0.15, 0.2) is 0 Å². The fourth-order valence-electron chi connectivity index (χ4n) is 2.90. The van der Waals surface area contributed by atoms with Crippen molar-refractivity contribution in [1.29, 1.82) is 0 Å². The van der Waals surface area contributed by atoms with E-state index >= 15 is 0 Å². The van der Waals surface area contributed by atoms with Crippen LogP contribution in [0.5, 0.6) is 0 Å². The van der Waals surface area contributed by atoms with Crippen molar-refractivity contribution in [2.24, 2.45) is 0 Å². The summed E-state index contributed by atoms with van der Waals surface area (Å²) in [6, 6.07) is 14.0. The molecule has 0 aromatic heterocycles. The average molecular weight is 282 g/mol. The summed E-state index contributed by atoms with van der Waals surface area (Å²) < 4.78 is 0. The van der Waals surface area contributed by atoms with E-state index in [1.165, 1.54) is 41.2 Å². The zero-order valence-electron chi connectivity index (χ0n) is 14.6. The third kappa shape index (κ3) is 3.00. The molecule has 0 radical (unpaired) electrons. The first-order chi connectivity index (χ1) is 9.86. The summed E-state index contributed by atoms with van der Waals surface area (Å²) in [5.41, 5.74) is 3.48. The highest BCUT2D eigenvalue weighted by Crippen LogP contribution is 2.34. The van der Waals surface area contributed by atoms with Crippen molar-refractivity contribution in [3.05, 3.63) is 47.5 Å². The molecule has 21 heavy (non-hydrogen) atoms. The SMILES string of the molecule is CCC(C)(C)c1ccc2cc(C(C)(CC)CC)ccc2c1. The number of rotatable bonds is 5. The minimum atomic E-state index is 0.258. The van der Waals surface area contributed by atoms with Gasteiger partial charge in [-0.3, -0.25) is 0 Å². The van der Waals surface area contributed by atoms with Gasteiger partial charge in [0, 0.05) is 0 Å². The molecule has 0 spiro atoms. The van der Waals surface area contributed by atoms with Gasteiger partial charge in [0.25, 0.3) is 0 Å². The van der Waals surface area contributed by atoms with E-state index in [9.17, 15) is 0 Å². The van der Waals surface area contributed by atoms with Crippen LogP contribution in [-0.4, -0.2) is 0 Å². The normalized spacial score (nSPS) is 12.9. The summed E-state index contributed by atoms with van der Waals surface area (Å²) in [6.45, 7) is 13.9. The van der Waals surface area contributed by atoms with Gasteiger partial charge in [0.05, 0.1) is 0 Å². The van der Waals surface area contributed by atoms with Crippen molar-refractivity contribution in [3.63, 3.8) is 0 Å².